The van der Waals surface area contributed by atoms with Crippen LogP contribution in [0.15, 0.2) is 89.8 Å². The summed E-state index contributed by atoms with van der Waals surface area (Å²) in [7, 11) is 0.729. The molecule has 0 bridgehead atoms. The molecule has 1 saturated carbocycles. The number of benzene rings is 3. The van der Waals surface area contributed by atoms with Crippen molar-refractivity contribution < 1.29 is 25.7 Å². The number of nitrogens with zero attached hydrogens (tertiary/aromatic N) is 1. The van der Waals surface area contributed by atoms with Crippen LogP contribution in [0.2, 0.25) is 0 Å². The van der Waals surface area contributed by atoms with Gasteiger partial charge >= 0.3 is 27.0 Å². The molecule has 3 aromatic rings. The summed E-state index contributed by atoms with van der Waals surface area (Å²) < 4.78 is 31.3. The van der Waals surface area contributed by atoms with Gasteiger partial charge in [0.15, 0.2) is 0 Å². The second kappa shape index (κ2) is 15.8. The van der Waals surface area contributed by atoms with Crippen LogP contribution in [0.25, 0.3) is 4.72 Å². The van der Waals surface area contributed by atoms with Gasteiger partial charge in [-0.1, -0.05) is 122 Å². The Bertz CT molecular complexity index is 1140. The zero-order valence-electron chi connectivity index (χ0n) is 21.4. The molecule has 0 spiro atoms. The van der Waals surface area contributed by atoms with Crippen LogP contribution in [0.5, 0.6) is 0 Å². The van der Waals surface area contributed by atoms with Gasteiger partial charge in [-0.2, -0.15) is 0 Å². The molecule has 1 N–H and O–H groups in total. The molecule has 0 aromatic heterocycles. The van der Waals surface area contributed by atoms with E-state index < -0.39 is 16.1 Å². The summed E-state index contributed by atoms with van der Waals surface area (Å²) >= 11 is 1.82. The molecule has 4 nitrogen and oxygen atoms in total. The SMILES string of the molecule is Cc1ccc(S(=O)(=O)[N-][C@H](c2ccccc2)[C@H](NCCCC2CCCCC2)c2ccccc2)cc1.[Cl][Ru+]. The van der Waals surface area contributed by atoms with E-state index in [0.29, 0.717) is 0 Å². The first-order chi connectivity index (χ1) is 18.0. The third-order valence-electron chi connectivity index (χ3n) is 7.06. The molecule has 0 amide bonds. The molecule has 1 aliphatic carbocycles. The predicted octanol–water partition coefficient (Wildman–Crippen LogP) is 8.18. The number of nitrogens with one attached hydrogen (secondary N) is 1. The summed E-state index contributed by atoms with van der Waals surface area (Å²) in [5.74, 6) is 0.831. The molecule has 0 aliphatic heterocycles. The van der Waals surface area contributed by atoms with E-state index in [0.717, 1.165) is 35.6 Å². The molecule has 0 heterocycles. The molecule has 7 heteroatoms. The van der Waals surface area contributed by atoms with E-state index in [4.69, 9.17) is 0 Å². The normalized spacial score (nSPS) is 15.9. The fourth-order valence-corrected chi connectivity index (χ4v) is 6.23. The predicted molar refractivity (Wildman–Crippen MR) is 150 cm³/mol. The molecule has 3 aromatic carbocycles. The van der Waals surface area contributed by atoms with Crippen molar-refractivity contribution >= 4 is 19.7 Å². The summed E-state index contributed by atoms with van der Waals surface area (Å²) in [5.41, 5.74) is 2.95. The third-order valence-corrected chi connectivity index (χ3v) is 8.44. The Hall–Kier alpha value is -1.56. The molecule has 2 atom stereocenters. The summed E-state index contributed by atoms with van der Waals surface area (Å²) in [4.78, 5) is 0.230. The van der Waals surface area contributed by atoms with Gasteiger partial charge < -0.3 is 10.0 Å². The van der Waals surface area contributed by atoms with E-state index in [1.165, 1.54) is 38.5 Å². The molecule has 1 aliphatic rings. The van der Waals surface area contributed by atoms with E-state index >= 15 is 0 Å². The van der Waals surface area contributed by atoms with Crippen LogP contribution in [-0.2, 0) is 27.3 Å². The van der Waals surface area contributed by atoms with Gasteiger partial charge in [-0.3, -0.25) is 0 Å². The zero-order chi connectivity index (χ0) is 26.5. The van der Waals surface area contributed by atoms with Crippen molar-refractivity contribution in [1.29, 1.82) is 0 Å². The van der Waals surface area contributed by atoms with E-state index in [9.17, 15) is 8.42 Å². The van der Waals surface area contributed by atoms with Crippen molar-refractivity contribution in [2.75, 3.05) is 6.54 Å². The van der Waals surface area contributed by atoms with Gasteiger partial charge in [-0.25, -0.2) is 8.42 Å². The fraction of sp³-hybridized carbons (Fsp3) is 0.400. The standard InChI is InChI=1S/C30H37N2O2S.ClH.Ru/c1-24-19-21-28(22-20-24)35(33,34)32-30(27-17-9-4-10-18-27)29(26-15-7-3-8-16-26)31-23-11-14-25-12-5-2-6-13-25;;/h3-4,7-10,15-22,25,29-31H,2,5-6,11-14,23H2,1H3;1H;/q-1;;+2/p-1/t29-,30-;;/m1../s1. The van der Waals surface area contributed by atoms with Gasteiger partial charge in [-0.15, -0.1) is 0 Å². The maximum absolute atomic E-state index is 13.4. The first-order valence-corrected chi connectivity index (χ1v) is 16.7. The average molecular weight is 626 g/mol. The van der Waals surface area contributed by atoms with Crippen molar-refractivity contribution in [2.45, 2.75) is 68.8 Å². The van der Waals surface area contributed by atoms with Crippen molar-refractivity contribution in [3.05, 3.63) is 106 Å². The van der Waals surface area contributed by atoms with Crippen LogP contribution >= 0.6 is 9.69 Å². The minimum absolute atomic E-state index is 0.230. The molecule has 0 unspecified atom stereocenters. The van der Waals surface area contributed by atoms with E-state index in [1.807, 2.05) is 84.9 Å². The third kappa shape index (κ3) is 9.30. The summed E-state index contributed by atoms with van der Waals surface area (Å²) in [5, 5.41) is 3.70. The fourth-order valence-electron chi connectivity index (χ4n) is 5.08. The second-order valence-electron chi connectivity index (χ2n) is 9.74. The Kier molecular flexibility index (Phi) is 12.8. The Morgan fingerprint density at radius 2 is 1.43 bits per heavy atom. The van der Waals surface area contributed by atoms with Crippen LogP contribution in [0.3, 0.4) is 0 Å². The maximum atomic E-state index is 13.4. The quantitative estimate of drug-likeness (QED) is 0.173. The summed E-state index contributed by atoms with van der Waals surface area (Å²) in [6, 6.07) is 26.0. The summed E-state index contributed by atoms with van der Waals surface area (Å²) in [6.07, 6.45) is 9.09. The molecular weight excluding hydrogens is 589 g/mol. The number of halogens is 1. The molecule has 4 rings (SSSR count). The first kappa shape index (κ1) is 30.0. The average Bonchev–Trinajstić information content (AvgIpc) is 2.95. The summed E-state index contributed by atoms with van der Waals surface area (Å²) in [6.45, 7) is 2.78. The Balaban J connectivity index is 0.00000186. The van der Waals surface area contributed by atoms with Crippen LogP contribution in [0.1, 0.15) is 73.7 Å². The molecule has 0 saturated heterocycles. The van der Waals surface area contributed by atoms with Crippen LogP contribution in [-0.4, -0.2) is 15.0 Å². The van der Waals surface area contributed by atoms with Crippen molar-refractivity contribution in [2.24, 2.45) is 5.92 Å². The van der Waals surface area contributed by atoms with E-state index in [2.05, 4.69) is 31.9 Å². The monoisotopic (exact) mass is 626 g/mol. The molecular formula is C30H37ClN2O2RuS. The number of rotatable bonds is 11. The zero-order valence-corrected chi connectivity index (χ0v) is 24.7. The van der Waals surface area contributed by atoms with E-state index in [1.54, 1.807) is 12.1 Å². The number of hydrogen-bond acceptors (Lipinski definition) is 3. The van der Waals surface area contributed by atoms with Gasteiger partial charge in [0.2, 0.25) is 0 Å². The van der Waals surface area contributed by atoms with Gasteiger partial charge in [-0.05, 0) is 49.9 Å². The number of sulfonamides is 1. The Morgan fingerprint density at radius 3 is 2.03 bits per heavy atom. The topological polar surface area (TPSA) is 60.3 Å². The molecule has 37 heavy (non-hydrogen) atoms. The number of aryl methyl sites for hydroxylation is 1. The van der Waals surface area contributed by atoms with Gasteiger partial charge in [0.05, 0.1) is 0 Å². The molecule has 200 valence electrons. The first-order valence-electron chi connectivity index (χ1n) is 13.0. The van der Waals surface area contributed by atoms with Gasteiger partial charge in [0, 0.05) is 10.9 Å². The van der Waals surface area contributed by atoms with Gasteiger partial charge in [0.1, 0.15) is 10.0 Å². The second-order valence-corrected chi connectivity index (χ2v) is 11.4. The Labute approximate surface area is 237 Å². The van der Waals surface area contributed by atoms with Crippen LogP contribution in [0.4, 0.5) is 0 Å². The van der Waals surface area contributed by atoms with Crippen molar-refractivity contribution in [3.63, 3.8) is 0 Å². The van der Waals surface area contributed by atoms with Crippen molar-refractivity contribution in [1.82, 2.24) is 5.32 Å². The van der Waals surface area contributed by atoms with E-state index in [-0.39, 0.29) is 10.9 Å². The molecule has 1 fully saturated rings. The van der Waals surface area contributed by atoms with Gasteiger partial charge in [0.25, 0.3) is 0 Å². The Morgan fingerprint density at radius 1 is 0.865 bits per heavy atom. The minimum atomic E-state index is -3.84. The number of hydrogen-bond donors (Lipinski definition) is 1. The molecule has 0 radical (unpaired) electrons. The van der Waals surface area contributed by atoms with Crippen LogP contribution in [0, 0.1) is 12.8 Å². The van der Waals surface area contributed by atoms with Crippen LogP contribution < -0.4 is 5.32 Å². The van der Waals surface area contributed by atoms with Crippen molar-refractivity contribution in [3.8, 4) is 0 Å².